The third-order valence-electron chi connectivity index (χ3n) is 6.46. The Bertz CT molecular complexity index is 1020. The van der Waals surface area contributed by atoms with Crippen molar-refractivity contribution < 1.29 is 14.2 Å². The maximum atomic E-state index is 6.33. The minimum Gasteiger partial charge on any atom is -0.494 e. The van der Waals surface area contributed by atoms with Crippen molar-refractivity contribution in [1.29, 1.82) is 0 Å². The third-order valence-corrected chi connectivity index (χ3v) is 7.37. The summed E-state index contributed by atoms with van der Waals surface area (Å²) in [5, 5.41) is 4.33. The second-order valence-electron chi connectivity index (χ2n) is 10.0. The number of allylic oxidation sites excluding steroid dienone is 9. The van der Waals surface area contributed by atoms with E-state index in [1.807, 2.05) is 39.8 Å². The molecular weight excluding hydrogens is 557 g/mol. The Labute approximate surface area is 259 Å². The van der Waals surface area contributed by atoms with Crippen molar-refractivity contribution in [3.05, 3.63) is 94.6 Å². The maximum Gasteiger partial charge on any atom is 0.273 e. The molecule has 1 aliphatic rings. The molecule has 41 heavy (non-hydrogen) atoms. The minimum absolute atomic E-state index is 0.00802. The van der Waals surface area contributed by atoms with Crippen LogP contribution in [0.25, 0.3) is 0 Å². The number of unbranched alkanes of at least 4 members (excludes halogenated alkanes) is 1. The molecule has 1 heterocycles. The number of nitrogens with one attached hydrogen (secondary N) is 1. The molecule has 0 bridgehead atoms. The quantitative estimate of drug-likeness (QED) is 0.0848. The highest BCUT2D eigenvalue weighted by atomic mass is 35.5. The van der Waals surface area contributed by atoms with E-state index >= 15 is 0 Å². The van der Waals surface area contributed by atoms with Crippen LogP contribution in [0.5, 0.6) is 0 Å². The van der Waals surface area contributed by atoms with Crippen LogP contribution in [0.3, 0.4) is 0 Å². The van der Waals surface area contributed by atoms with Gasteiger partial charge in [-0.3, -0.25) is 0 Å². The van der Waals surface area contributed by atoms with Gasteiger partial charge in [-0.1, -0.05) is 55.4 Å². The summed E-state index contributed by atoms with van der Waals surface area (Å²) in [7, 11) is 0. The summed E-state index contributed by atoms with van der Waals surface area (Å²) in [6.07, 6.45) is 13.4. The SMILES string of the molecule is C=C/C(NCCN(CC)CCCCOC(/C=C\C)=C/C1=C(C)CCC(=C)N1COC(=C)OC(C)C)=C(Cl)\C(Cl)=C/C. The summed E-state index contributed by atoms with van der Waals surface area (Å²) in [6.45, 7) is 28.5. The highest BCUT2D eigenvalue weighted by Gasteiger charge is 2.21. The van der Waals surface area contributed by atoms with Crippen molar-refractivity contribution >= 4 is 23.2 Å². The van der Waals surface area contributed by atoms with E-state index in [-0.39, 0.29) is 12.8 Å². The molecule has 0 aromatic rings. The number of nitrogens with zero attached hydrogens (tertiary/aromatic N) is 2. The van der Waals surface area contributed by atoms with Crippen molar-refractivity contribution in [1.82, 2.24) is 15.1 Å². The third kappa shape index (κ3) is 13.8. The molecule has 0 unspecified atom stereocenters. The Kier molecular flexibility index (Phi) is 18.1. The maximum absolute atomic E-state index is 6.33. The molecule has 1 rings (SSSR count). The first-order chi connectivity index (χ1) is 19.6. The number of ether oxygens (including phenoxy) is 3. The summed E-state index contributed by atoms with van der Waals surface area (Å²) in [5.74, 6) is 1.12. The lowest BCUT2D eigenvalue weighted by atomic mass is 10.0. The van der Waals surface area contributed by atoms with Crippen LogP contribution in [-0.2, 0) is 14.2 Å². The number of halogens is 2. The van der Waals surface area contributed by atoms with E-state index in [1.165, 1.54) is 5.57 Å². The molecule has 1 N–H and O–H groups in total. The molecule has 0 atom stereocenters. The molecule has 0 saturated heterocycles. The van der Waals surface area contributed by atoms with Gasteiger partial charge in [0.15, 0.2) is 6.73 Å². The molecule has 6 nitrogen and oxygen atoms in total. The summed E-state index contributed by atoms with van der Waals surface area (Å²) in [5.41, 5.74) is 4.04. The van der Waals surface area contributed by atoms with Crippen molar-refractivity contribution in [3.63, 3.8) is 0 Å². The zero-order valence-electron chi connectivity index (χ0n) is 26.0. The highest BCUT2D eigenvalue weighted by Crippen LogP contribution is 2.30. The molecule has 0 aliphatic carbocycles. The van der Waals surface area contributed by atoms with Crippen LogP contribution < -0.4 is 5.32 Å². The standard InChI is InChI=1S/C33H51Cl2N3O3/c1-10-16-29(23-32-26(7)17-18-27(8)38(32)24-40-28(9)41-25(5)6)39-22-15-14-20-37(13-4)21-19-36-31(12-3)33(35)30(34)11-2/h10-12,16,23,25,36H,3,8-9,13-15,17-22,24H2,1-2,4-7H3/b16-10-,29-23+,30-11+,33-31-. The van der Waals surface area contributed by atoms with Gasteiger partial charge in [-0.05, 0) is 97.7 Å². The first-order valence-electron chi connectivity index (χ1n) is 14.5. The van der Waals surface area contributed by atoms with E-state index in [9.17, 15) is 0 Å². The normalized spacial score (nSPS) is 15.6. The first kappa shape index (κ1) is 36.5. The Balaban J connectivity index is 2.68. The van der Waals surface area contributed by atoms with Gasteiger partial charge in [0.25, 0.3) is 5.95 Å². The average molecular weight is 609 g/mol. The Hall–Kier alpha value is -2.54. The molecule has 8 heteroatoms. The lowest BCUT2D eigenvalue weighted by Gasteiger charge is -2.33. The van der Waals surface area contributed by atoms with Crippen molar-refractivity contribution in [2.24, 2.45) is 0 Å². The predicted octanol–water partition coefficient (Wildman–Crippen LogP) is 8.69. The summed E-state index contributed by atoms with van der Waals surface area (Å²) in [6, 6.07) is 0. The Morgan fingerprint density at radius 3 is 2.49 bits per heavy atom. The molecule has 230 valence electrons. The van der Waals surface area contributed by atoms with Crippen LogP contribution in [0.15, 0.2) is 94.6 Å². The number of hydrogen-bond acceptors (Lipinski definition) is 6. The topological polar surface area (TPSA) is 46.2 Å². The molecular formula is C33H51Cl2N3O3. The molecule has 0 spiro atoms. The minimum atomic E-state index is 0.00802. The van der Waals surface area contributed by atoms with E-state index in [0.717, 1.165) is 74.7 Å². The number of likely N-dealkylation sites (N-methyl/N-ethyl adjacent to an activating group) is 1. The molecule has 0 radical (unpaired) electrons. The van der Waals surface area contributed by atoms with E-state index in [0.29, 0.717) is 22.6 Å². The van der Waals surface area contributed by atoms with Gasteiger partial charge < -0.3 is 29.3 Å². The van der Waals surface area contributed by atoms with E-state index in [4.69, 9.17) is 37.4 Å². The fourth-order valence-electron chi connectivity index (χ4n) is 4.13. The molecule has 0 aromatic heterocycles. The number of hydrogen-bond donors (Lipinski definition) is 1. The van der Waals surface area contributed by atoms with Crippen LogP contribution >= 0.6 is 23.2 Å². The highest BCUT2D eigenvalue weighted by molar-refractivity contribution is 6.44. The van der Waals surface area contributed by atoms with E-state index in [1.54, 1.807) is 12.2 Å². The fourth-order valence-corrected chi connectivity index (χ4v) is 4.48. The smallest absolute Gasteiger partial charge is 0.273 e. The summed E-state index contributed by atoms with van der Waals surface area (Å²) >= 11 is 12.5. The van der Waals surface area contributed by atoms with Crippen molar-refractivity contribution in [2.75, 3.05) is 39.5 Å². The summed E-state index contributed by atoms with van der Waals surface area (Å²) in [4.78, 5) is 4.47. The lowest BCUT2D eigenvalue weighted by Crippen LogP contribution is -2.32. The van der Waals surface area contributed by atoms with Gasteiger partial charge in [-0.25, -0.2) is 0 Å². The van der Waals surface area contributed by atoms with Crippen molar-refractivity contribution in [3.8, 4) is 0 Å². The first-order valence-corrected chi connectivity index (χ1v) is 15.2. The van der Waals surface area contributed by atoms with Gasteiger partial charge >= 0.3 is 0 Å². The Morgan fingerprint density at radius 2 is 1.88 bits per heavy atom. The van der Waals surface area contributed by atoms with E-state index in [2.05, 4.69) is 54.8 Å². The van der Waals surface area contributed by atoms with Gasteiger partial charge in [0.05, 0.1) is 28.5 Å². The second kappa shape index (κ2) is 20.4. The van der Waals surface area contributed by atoms with Gasteiger partial charge in [0.1, 0.15) is 5.76 Å². The van der Waals surface area contributed by atoms with Crippen LogP contribution in [0.2, 0.25) is 0 Å². The molecule has 1 aliphatic heterocycles. The van der Waals surface area contributed by atoms with Crippen LogP contribution in [0.1, 0.15) is 67.2 Å². The van der Waals surface area contributed by atoms with Crippen LogP contribution in [0.4, 0.5) is 0 Å². The monoisotopic (exact) mass is 607 g/mol. The van der Waals surface area contributed by atoms with Gasteiger partial charge in [-0.15, -0.1) is 0 Å². The van der Waals surface area contributed by atoms with Crippen LogP contribution in [0, 0.1) is 0 Å². The molecule has 0 saturated carbocycles. The molecule has 0 fully saturated rings. The molecule has 0 aromatic carbocycles. The number of rotatable bonds is 20. The fraction of sp³-hybridized carbons (Fsp3) is 0.515. The summed E-state index contributed by atoms with van der Waals surface area (Å²) < 4.78 is 17.6. The molecule has 0 amide bonds. The second-order valence-corrected chi connectivity index (χ2v) is 10.8. The van der Waals surface area contributed by atoms with Gasteiger partial charge in [-0.2, -0.15) is 0 Å². The zero-order chi connectivity index (χ0) is 30.8. The van der Waals surface area contributed by atoms with Gasteiger partial charge in [0.2, 0.25) is 0 Å². The van der Waals surface area contributed by atoms with Crippen LogP contribution in [-0.4, -0.2) is 55.4 Å². The zero-order valence-corrected chi connectivity index (χ0v) is 27.5. The van der Waals surface area contributed by atoms with Gasteiger partial charge in [0, 0.05) is 30.6 Å². The van der Waals surface area contributed by atoms with E-state index < -0.39 is 0 Å². The van der Waals surface area contributed by atoms with Crippen molar-refractivity contribution in [2.45, 2.75) is 73.3 Å². The predicted molar refractivity (Wildman–Crippen MR) is 175 cm³/mol. The lowest BCUT2D eigenvalue weighted by molar-refractivity contribution is -0.0190. The largest absolute Gasteiger partial charge is 0.494 e. The Morgan fingerprint density at radius 1 is 1.15 bits per heavy atom. The average Bonchev–Trinajstić information content (AvgIpc) is 2.94.